The molecule has 0 spiro atoms. The van der Waals surface area contributed by atoms with Crippen molar-refractivity contribution < 1.29 is 23.0 Å². The normalized spacial score (nSPS) is 22.6. The zero-order valence-corrected chi connectivity index (χ0v) is 16.8. The van der Waals surface area contributed by atoms with Crippen LogP contribution >= 0.6 is 12.6 Å². The molecule has 0 heterocycles. The van der Waals surface area contributed by atoms with Crippen LogP contribution in [0, 0.1) is 11.3 Å². The molecule has 1 saturated carbocycles. The maximum Gasteiger partial charge on any atom is 0.438 e. The second-order valence-electron chi connectivity index (χ2n) is 7.26. The number of benzene rings is 1. The lowest BCUT2D eigenvalue weighted by Crippen LogP contribution is -2.26. The Hall–Kier alpha value is -1.81. The van der Waals surface area contributed by atoms with Crippen LogP contribution in [-0.2, 0) is 11.8 Å². The Morgan fingerprint density at radius 1 is 1.32 bits per heavy atom. The third-order valence-electron chi connectivity index (χ3n) is 5.30. The zero-order valence-electron chi connectivity index (χ0n) is 15.9. The topological polar surface area (TPSA) is 53.2 Å². The van der Waals surface area contributed by atoms with Gasteiger partial charge in [0.15, 0.2) is 0 Å². The minimum absolute atomic E-state index is 0.323. The summed E-state index contributed by atoms with van der Waals surface area (Å²) in [5.41, 5.74) is -2.61. The maximum absolute atomic E-state index is 10.2. The number of allylic oxidation sites excluding steroid dienone is 2. The molecule has 28 heavy (non-hydrogen) atoms. The summed E-state index contributed by atoms with van der Waals surface area (Å²) in [6.07, 6.45) is 9.62. The lowest BCUT2D eigenvalue weighted by Gasteiger charge is -2.30. The highest BCUT2D eigenvalue weighted by Crippen LogP contribution is 2.40. The number of aliphatic hydroxyl groups excluding tert-OH is 1. The molecule has 0 aromatic heterocycles. The first-order valence-corrected chi connectivity index (χ1v) is 10.00. The Kier molecular flexibility index (Phi) is 7.70. The number of alkyl halides is 3. The summed E-state index contributed by atoms with van der Waals surface area (Å²) < 4.78 is 36.9. The van der Waals surface area contributed by atoms with E-state index in [0.717, 1.165) is 30.6 Å². The summed E-state index contributed by atoms with van der Waals surface area (Å²) in [6.45, 7) is 2.14. The largest absolute Gasteiger partial charge is 0.513 e. The number of aliphatic hydroxyl groups is 1. The van der Waals surface area contributed by atoms with Gasteiger partial charge in [0.2, 0.25) is 0 Å². The van der Waals surface area contributed by atoms with Gasteiger partial charge in [-0.3, -0.25) is 0 Å². The van der Waals surface area contributed by atoms with Gasteiger partial charge in [0, 0.05) is 6.42 Å². The Morgan fingerprint density at radius 3 is 2.46 bits per heavy atom. The van der Waals surface area contributed by atoms with Gasteiger partial charge in [-0.2, -0.15) is 18.4 Å². The number of nitrogens with zero attached hydrogens (tertiary/aromatic N) is 1. The average molecular weight is 414 g/mol. The van der Waals surface area contributed by atoms with Gasteiger partial charge in [0.25, 0.3) is 0 Å². The summed E-state index contributed by atoms with van der Waals surface area (Å²) >= 11 is 2.12. The molecule has 2 aliphatic carbocycles. The summed E-state index contributed by atoms with van der Waals surface area (Å²) in [7, 11) is 0. The van der Waals surface area contributed by atoms with Gasteiger partial charge in [-0.25, -0.2) is 0 Å². The number of halogens is 3. The van der Waals surface area contributed by atoms with E-state index in [1.54, 1.807) is 6.08 Å². The molecule has 0 amide bonds. The molecule has 1 aromatic carbocycles. The Labute approximate surface area is 169 Å². The molecule has 1 unspecified atom stereocenters. The van der Waals surface area contributed by atoms with Crippen molar-refractivity contribution in [3.8, 4) is 11.8 Å². The first-order valence-electron chi connectivity index (χ1n) is 9.55. The van der Waals surface area contributed by atoms with Crippen molar-refractivity contribution in [3.63, 3.8) is 0 Å². The number of aryl methyl sites for hydroxylation is 1. The van der Waals surface area contributed by atoms with Crippen molar-refractivity contribution in [3.05, 3.63) is 41.2 Å². The highest BCUT2D eigenvalue weighted by atomic mass is 32.1. The van der Waals surface area contributed by atoms with E-state index in [1.807, 2.05) is 0 Å². The fraction of sp³-hybridized carbons (Fsp3) is 0.571. The number of hydrogen-bond acceptors (Lipinski definition) is 4. The van der Waals surface area contributed by atoms with E-state index in [-0.39, 0.29) is 0 Å². The van der Waals surface area contributed by atoms with Crippen molar-refractivity contribution in [1.29, 1.82) is 5.26 Å². The van der Waals surface area contributed by atoms with Crippen molar-refractivity contribution in [1.82, 2.24) is 0 Å². The van der Waals surface area contributed by atoms with Gasteiger partial charge in [0.05, 0.1) is 23.3 Å². The number of hydrogen-bond donors (Lipinski definition) is 2. The van der Waals surface area contributed by atoms with Crippen LogP contribution in [0.1, 0.15) is 63.0 Å². The fourth-order valence-electron chi connectivity index (χ4n) is 3.71. The van der Waals surface area contributed by atoms with Gasteiger partial charge in [0.1, 0.15) is 5.75 Å². The molecule has 7 heteroatoms. The quantitative estimate of drug-likeness (QED) is 0.562. The van der Waals surface area contributed by atoms with E-state index in [2.05, 4.69) is 43.8 Å². The van der Waals surface area contributed by atoms with E-state index >= 15 is 0 Å². The van der Waals surface area contributed by atoms with Crippen molar-refractivity contribution >= 4 is 12.6 Å². The molecular formula is C21H26F3NO2S. The van der Waals surface area contributed by atoms with Gasteiger partial charge in [-0.15, -0.1) is 0 Å². The molecule has 0 radical (unpaired) electrons. The fourth-order valence-corrected chi connectivity index (χ4v) is 3.71. The van der Waals surface area contributed by atoms with E-state index in [0.29, 0.717) is 31.1 Å². The van der Waals surface area contributed by atoms with Crippen LogP contribution in [0.2, 0.25) is 0 Å². The average Bonchev–Trinajstić information content (AvgIpc) is 3.14. The minimum Gasteiger partial charge on any atom is -0.513 e. The molecule has 0 saturated heterocycles. The molecule has 1 aromatic rings. The smallest absolute Gasteiger partial charge is 0.438 e. The lowest BCUT2D eigenvalue weighted by molar-refractivity contribution is -0.0303. The van der Waals surface area contributed by atoms with E-state index in [9.17, 15) is 23.5 Å². The highest BCUT2D eigenvalue weighted by molar-refractivity contribution is 7.81. The van der Waals surface area contributed by atoms with Gasteiger partial charge in [-0.1, -0.05) is 31.7 Å². The molecule has 1 fully saturated rings. The Balaban J connectivity index is 0.000000500. The molecule has 0 aliphatic heterocycles. The van der Waals surface area contributed by atoms with Crippen LogP contribution in [0.5, 0.6) is 5.75 Å². The molecule has 3 rings (SSSR count). The van der Waals surface area contributed by atoms with Crippen LogP contribution in [0.15, 0.2) is 30.0 Å². The molecule has 1 atom stereocenters. The van der Waals surface area contributed by atoms with Crippen LogP contribution in [0.3, 0.4) is 0 Å². The van der Waals surface area contributed by atoms with Gasteiger partial charge < -0.3 is 9.84 Å². The molecular weight excluding hydrogens is 387 g/mol. The minimum atomic E-state index is -4.31. The molecule has 2 aliphatic rings. The van der Waals surface area contributed by atoms with E-state index in [4.69, 9.17) is 4.74 Å². The Morgan fingerprint density at radius 2 is 1.96 bits per heavy atom. The van der Waals surface area contributed by atoms with Crippen LogP contribution in [-0.4, -0.2) is 16.7 Å². The summed E-state index contributed by atoms with van der Waals surface area (Å²) in [5.74, 6) is 1.36. The van der Waals surface area contributed by atoms with E-state index < -0.39 is 10.9 Å². The monoisotopic (exact) mass is 413 g/mol. The van der Waals surface area contributed by atoms with Crippen LogP contribution < -0.4 is 4.74 Å². The molecule has 3 nitrogen and oxygen atoms in total. The highest BCUT2D eigenvalue weighted by Gasteiger charge is 2.35. The second kappa shape index (κ2) is 9.60. The Bertz CT molecular complexity index is 730. The zero-order chi connectivity index (χ0) is 20.8. The summed E-state index contributed by atoms with van der Waals surface area (Å²) in [5, 5.41) is 19.4. The van der Waals surface area contributed by atoms with Crippen molar-refractivity contribution in [2.24, 2.45) is 0 Å². The van der Waals surface area contributed by atoms with Crippen molar-refractivity contribution in [2.45, 2.75) is 75.3 Å². The van der Waals surface area contributed by atoms with E-state index in [1.165, 1.54) is 18.4 Å². The third kappa shape index (κ3) is 6.37. The SMILES string of the molecule is CCc1ccc(C2(C#N)CC=C(O)CC2)cc1OC1CCCC1.FC(F)(F)S. The maximum atomic E-state index is 10.2. The second-order valence-corrected chi connectivity index (χ2v) is 7.77. The molecule has 1 N–H and O–H groups in total. The van der Waals surface area contributed by atoms with Crippen molar-refractivity contribution in [2.75, 3.05) is 0 Å². The summed E-state index contributed by atoms with van der Waals surface area (Å²) in [6, 6.07) is 8.76. The molecule has 0 bridgehead atoms. The molecule has 154 valence electrons. The number of ether oxygens (including phenoxy) is 1. The van der Waals surface area contributed by atoms with Gasteiger partial charge in [-0.05, 0) is 68.2 Å². The number of thiol groups is 1. The van der Waals surface area contributed by atoms with Gasteiger partial charge >= 0.3 is 5.51 Å². The first-order chi connectivity index (χ1) is 13.2. The number of rotatable bonds is 4. The lowest BCUT2D eigenvalue weighted by atomic mass is 9.72. The third-order valence-corrected chi connectivity index (χ3v) is 5.30. The van der Waals surface area contributed by atoms with Crippen LogP contribution in [0.4, 0.5) is 13.2 Å². The summed E-state index contributed by atoms with van der Waals surface area (Å²) in [4.78, 5) is 0. The van der Waals surface area contributed by atoms with Crippen LogP contribution in [0.25, 0.3) is 0 Å². The number of nitriles is 1. The predicted molar refractivity (Wildman–Crippen MR) is 106 cm³/mol. The predicted octanol–water partition coefficient (Wildman–Crippen LogP) is 6.39. The standard InChI is InChI=1S/C20H25NO2.CHF3S/c1-2-15-7-8-16(13-19(15)23-18-5-3-4-6-18)20(14-21)11-9-17(22)10-12-20;2-1(3,4)5/h7-9,13,18,22H,2-6,10-12H2,1H3;5H. The first kappa shape index (κ1) is 22.5.